The number of hydrogen-bond acceptors (Lipinski definition) is 29. The number of likely N-dealkylation sites (tertiary alicyclic amines) is 3. The Hall–Kier alpha value is -9.40. The summed E-state index contributed by atoms with van der Waals surface area (Å²) in [5, 5.41) is 45.5. The lowest BCUT2D eigenvalue weighted by Gasteiger charge is -2.39. The molecule has 0 radical (unpaired) electrons. The standard InChI is InChI=1S/C27H37ClFN3O6.C27H38FN3O6.C18H22FN3O4.C18H31NO5.C9H6ClFN2.CH4.I2/c1-26(2,3)37-24(34)16-14-32(25(35)38-27(4,5)6)13-12-15(16)8-11-19(33)20-17(29)9-10-18-21(20)31-23(36-7)22(28)30-18;1-26(2,3)36-24(33)17-15-31(25(34)37-27(4,5)6)13-12-16(17)8-11-20(32)22-18(28)9-10-19-23(22)30-21(35-7)14-29-19;1-26-15-9-21-13-4-3-12(19)16(17(13)22-15)14(23)5-2-10-6-7-20-8-11(10)18(24)25;1-17(2,3)23-15(21)14-12-19(16(22)24-18(4,5)6)10-9-13(14)8-7-11-20;1-5-9(10)13-7-3-2-6(11)4-8(7)12-5;;1-2/h9-10,15-16,19,33H,8,11-14H2,1-7H3;9-10,14,16-17,20,32H,8,11-13,15H2,1-7H3;3-4,9-11,14,20,23H,2,5-8H2,1H3,(H,24,25);11,13-14H,7-10,12H2,1-6H3;2-4H,1H3;1H4;/t15-,16+,19?;16-,17+,20?;10-,11+,14?;13-,14+;;;/m1111.../s1. The van der Waals surface area contributed by atoms with Crippen molar-refractivity contribution in [3.05, 3.63) is 123 Å². The maximum absolute atomic E-state index is 14.9. The van der Waals surface area contributed by atoms with Crippen molar-refractivity contribution < 1.29 is 119 Å². The smallest absolute Gasteiger partial charge is 0.410 e. The second-order valence-electron chi connectivity index (χ2n) is 40.6. The number of aryl methyl sites for hydroxylation is 1. The molecule has 141 heavy (non-hydrogen) atoms. The first kappa shape index (κ1) is 120. The number of aromatic nitrogens is 8. The first-order valence-corrected chi connectivity index (χ1v) is 53.4. The molecule has 12 rings (SSSR count). The highest BCUT2D eigenvalue weighted by atomic mass is 128. The average Bonchev–Trinajstić information content (AvgIpc) is 0.781. The lowest BCUT2D eigenvalue weighted by atomic mass is 9.81. The Balaban J connectivity index is 0.000000277. The third-order valence-corrected chi connectivity index (χ3v) is 23.4. The summed E-state index contributed by atoms with van der Waals surface area (Å²) in [5.74, 6) is -6.16. The minimum Gasteiger partial charge on any atom is -0.481 e. The number of halogens is 8. The van der Waals surface area contributed by atoms with Crippen molar-refractivity contribution in [2.75, 3.05) is 73.7 Å². The van der Waals surface area contributed by atoms with E-state index in [1.807, 2.05) is 41.5 Å². The van der Waals surface area contributed by atoms with Gasteiger partial charge in [-0.2, -0.15) is 0 Å². The molecule has 0 aliphatic carbocycles. The molecule has 8 aromatic rings. The summed E-state index contributed by atoms with van der Waals surface area (Å²) in [4.78, 5) is 137. The van der Waals surface area contributed by atoms with Gasteiger partial charge in [-0.05, 0) is 281 Å². The number of carboxylic acids is 1. The lowest BCUT2D eigenvalue weighted by Crippen LogP contribution is -2.49. The van der Waals surface area contributed by atoms with Gasteiger partial charge in [0, 0.05) is 112 Å². The highest BCUT2D eigenvalue weighted by molar-refractivity contribution is 15.0. The minimum absolute atomic E-state index is 0. The number of hydrogen-bond donors (Lipinski definition) is 5. The van der Waals surface area contributed by atoms with E-state index in [9.17, 15) is 76.3 Å². The van der Waals surface area contributed by atoms with E-state index in [4.69, 9.17) is 65.8 Å². The number of nitrogens with one attached hydrogen (secondary N) is 1. The Bertz CT molecular complexity index is 5570. The van der Waals surface area contributed by atoms with Gasteiger partial charge in [0.15, 0.2) is 10.3 Å². The number of esters is 3. The van der Waals surface area contributed by atoms with Crippen molar-refractivity contribution >= 4 is 153 Å². The lowest BCUT2D eigenvalue weighted by molar-refractivity contribution is -0.165. The number of aliphatic hydroxyl groups excluding tert-OH is 3. The van der Waals surface area contributed by atoms with Crippen LogP contribution in [0, 0.1) is 77.5 Å². The number of piperidine rings is 4. The number of aldehydes is 1. The molecule has 33 nitrogen and oxygen atoms in total. The second kappa shape index (κ2) is 53.4. The number of ether oxygens (including phenoxy) is 9. The number of fused-ring (bicyclic) bond motifs is 4. The third kappa shape index (κ3) is 37.0. The normalized spacial score (nSPS) is 19.0. The third-order valence-electron chi connectivity index (χ3n) is 22.8. The molecule has 0 saturated carbocycles. The first-order chi connectivity index (χ1) is 65.4. The number of aliphatic hydroxyl groups is 3. The molecule has 4 aromatic carbocycles. The quantitative estimate of drug-likeness (QED) is 0.0138. The fourth-order valence-corrected chi connectivity index (χ4v) is 16.7. The minimum atomic E-state index is -1.22. The van der Waals surface area contributed by atoms with Crippen LogP contribution in [0.3, 0.4) is 0 Å². The van der Waals surface area contributed by atoms with Gasteiger partial charge in [-0.15, -0.1) is 0 Å². The van der Waals surface area contributed by atoms with Gasteiger partial charge in [0.2, 0.25) is 11.8 Å². The number of carboxylic acid groups (broad SMARTS) is 1. The van der Waals surface area contributed by atoms with Gasteiger partial charge in [0.05, 0.1) is 109 Å². The number of methoxy groups -OCH3 is 3. The van der Waals surface area contributed by atoms with Crippen LogP contribution in [0.25, 0.3) is 44.1 Å². The van der Waals surface area contributed by atoms with E-state index in [1.165, 1.54) is 92.1 Å². The van der Waals surface area contributed by atoms with Gasteiger partial charge >= 0.3 is 42.2 Å². The summed E-state index contributed by atoms with van der Waals surface area (Å²) in [6.45, 7) is 37.1. The number of benzene rings is 4. The molecule has 780 valence electrons. The van der Waals surface area contributed by atoms with Crippen molar-refractivity contribution in [2.45, 2.75) is 268 Å². The van der Waals surface area contributed by atoms with Crippen LogP contribution >= 0.6 is 60.4 Å². The molecular weight excluding hydrogens is 2110 g/mol. The molecule has 4 aliphatic heterocycles. The first-order valence-electron chi connectivity index (χ1n) is 46.3. The van der Waals surface area contributed by atoms with Crippen LogP contribution in [0.2, 0.25) is 10.3 Å². The van der Waals surface area contributed by atoms with Gasteiger partial charge < -0.3 is 87.9 Å². The Morgan fingerprint density at radius 3 is 1.14 bits per heavy atom. The number of rotatable bonds is 22. The summed E-state index contributed by atoms with van der Waals surface area (Å²) in [6.07, 6.45) is 4.19. The molecule has 3 amide bonds. The van der Waals surface area contributed by atoms with Gasteiger partial charge in [-0.3, -0.25) is 19.2 Å². The van der Waals surface area contributed by atoms with Crippen LogP contribution in [0.15, 0.2) is 67.0 Å². The molecule has 4 aliphatic rings. The van der Waals surface area contributed by atoms with Crippen LogP contribution < -0.4 is 19.5 Å². The molecule has 3 unspecified atom stereocenters. The highest BCUT2D eigenvalue weighted by Gasteiger charge is 2.44. The molecule has 0 bridgehead atoms. The summed E-state index contributed by atoms with van der Waals surface area (Å²) >= 11 is 16.1. The van der Waals surface area contributed by atoms with Crippen LogP contribution in [0.4, 0.5) is 31.9 Å². The summed E-state index contributed by atoms with van der Waals surface area (Å²) in [7, 11) is 4.25. The largest absolute Gasteiger partial charge is 0.481 e. The summed E-state index contributed by atoms with van der Waals surface area (Å²) in [6, 6.07) is 12.4. The molecular formula is C100H138Cl2F4I2N12O21. The van der Waals surface area contributed by atoms with Crippen LogP contribution in [-0.4, -0.2) is 231 Å². The van der Waals surface area contributed by atoms with E-state index < -0.39 is 129 Å². The second-order valence-corrected chi connectivity index (χ2v) is 41.3. The maximum atomic E-state index is 14.9. The van der Waals surface area contributed by atoms with Gasteiger partial charge in [-0.25, -0.2) is 71.8 Å². The fourth-order valence-electron chi connectivity index (χ4n) is 16.4. The molecule has 11 atom stereocenters. The predicted octanol–water partition coefficient (Wildman–Crippen LogP) is 20.5. The van der Waals surface area contributed by atoms with Crippen molar-refractivity contribution in [1.82, 2.24) is 59.9 Å². The molecule has 4 fully saturated rings. The van der Waals surface area contributed by atoms with Crippen LogP contribution in [0.1, 0.15) is 250 Å². The number of carbonyl (C=O) groups is 8. The Morgan fingerprint density at radius 2 is 0.794 bits per heavy atom. The molecule has 0 spiro atoms. The molecule has 8 heterocycles. The van der Waals surface area contributed by atoms with Crippen molar-refractivity contribution in [3.63, 3.8) is 0 Å². The van der Waals surface area contributed by atoms with Gasteiger partial charge in [0.1, 0.15) is 79.7 Å². The molecule has 4 aromatic heterocycles. The van der Waals surface area contributed by atoms with Gasteiger partial charge in [-0.1, -0.05) is 30.6 Å². The van der Waals surface area contributed by atoms with E-state index in [-0.39, 0.29) is 138 Å². The van der Waals surface area contributed by atoms with E-state index in [1.54, 1.807) is 101 Å². The van der Waals surface area contributed by atoms with Crippen LogP contribution in [0.5, 0.6) is 17.6 Å². The topological polar surface area (TPSA) is 425 Å². The number of aliphatic carboxylic acids is 1. The van der Waals surface area contributed by atoms with E-state index in [0.717, 1.165) is 19.3 Å². The average molecular weight is 2240 g/mol. The number of carbonyl (C=O) groups excluding carboxylic acids is 7. The number of amides is 3. The van der Waals surface area contributed by atoms with E-state index in [2.05, 4.69) is 82.4 Å². The fraction of sp³-hybridized carbons (Fsp3) is 0.600. The zero-order valence-electron chi connectivity index (χ0n) is 83.6. The SMILES string of the molecule is C.CC(C)(C)OC(=O)[C@H]1CN(C(=O)OC(C)(C)C)CC[C@H]1CCC=O.COc1cnc2ccc(F)c(C(O)CC[C@@H]3CCN(C(=O)OC(C)(C)C)C[C@@H]3C(=O)OC(C)(C)C)c2n1.COc1cnc2ccc(F)c(C(O)CC[C@@H]3CCNC[C@@H]3C(=O)O)c2n1.COc1nc2c(C(O)CC[C@@H]3CCN(C(=O)OC(C)(C)C)C[C@@H]3C(=O)OC(C)(C)C)c(F)ccc2nc1Cl.Cc1nc2cc(F)ccc2nc1Cl.II. The van der Waals surface area contributed by atoms with E-state index >= 15 is 0 Å². The molecule has 4 saturated heterocycles. The van der Waals surface area contributed by atoms with Gasteiger partial charge in [0.25, 0.3) is 5.88 Å². The zero-order valence-corrected chi connectivity index (χ0v) is 89.4. The predicted molar refractivity (Wildman–Crippen MR) is 543 cm³/mol. The van der Waals surface area contributed by atoms with Crippen molar-refractivity contribution in [3.8, 4) is 17.6 Å². The highest BCUT2D eigenvalue weighted by Crippen LogP contribution is 2.41. The van der Waals surface area contributed by atoms with Crippen molar-refractivity contribution in [1.29, 1.82) is 0 Å². The Morgan fingerprint density at radius 1 is 0.454 bits per heavy atom. The Kier molecular flexibility index (Phi) is 45.6. The summed E-state index contributed by atoms with van der Waals surface area (Å²) < 4.78 is 105. The Labute approximate surface area is 855 Å². The molecule has 5 N–H and O–H groups in total. The number of nitrogens with zero attached hydrogens (tertiary/aromatic N) is 11. The zero-order chi connectivity index (χ0) is 105. The van der Waals surface area contributed by atoms with E-state index in [0.29, 0.717) is 116 Å². The summed E-state index contributed by atoms with van der Waals surface area (Å²) in [5.41, 5.74) is -0.154. The van der Waals surface area contributed by atoms with Crippen molar-refractivity contribution in [2.24, 2.45) is 47.3 Å². The monoisotopic (exact) mass is 2240 g/mol. The van der Waals surface area contributed by atoms with Crippen LogP contribution in [-0.2, 0) is 52.4 Å². The molecule has 41 heteroatoms. The maximum Gasteiger partial charge on any atom is 0.410 e.